The fourth-order valence-electron chi connectivity index (χ4n) is 3.65. The van der Waals surface area contributed by atoms with Crippen LogP contribution in [0.5, 0.6) is 11.5 Å². The molecule has 0 aromatic heterocycles. The molecule has 0 fully saturated rings. The van der Waals surface area contributed by atoms with Gasteiger partial charge in [0.25, 0.3) is 0 Å². The van der Waals surface area contributed by atoms with Crippen molar-refractivity contribution in [2.45, 2.75) is 25.3 Å². The first-order valence-electron chi connectivity index (χ1n) is 9.67. The molecule has 138 valence electrons. The van der Waals surface area contributed by atoms with Crippen LogP contribution >= 0.6 is 0 Å². The zero-order valence-electron chi connectivity index (χ0n) is 15.5. The van der Waals surface area contributed by atoms with Crippen LogP contribution < -0.4 is 14.8 Å². The molecular formula is C24H26NO2+. The lowest BCUT2D eigenvalue weighted by molar-refractivity contribution is -0.671. The quantitative estimate of drug-likeness (QED) is 0.619. The van der Waals surface area contributed by atoms with Gasteiger partial charge in [-0.1, -0.05) is 66.7 Å². The van der Waals surface area contributed by atoms with Gasteiger partial charge in [-0.3, -0.25) is 0 Å². The van der Waals surface area contributed by atoms with Gasteiger partial charge in [0.2, 0.25) is 6.79 Å². The number of fused-ring (bicyclic) bond motifs is 1. The molecule has 3 aromatic carbocycles. The Morgan fingerprint density at radius 2 is 1.48 bits per heavy atom. The molecule has 0 unspecified atom stereocenters. The normalized spacial score (nSPS) is 13.5. The van der Waals surface area contributed by atoms with Crippen LogP contribution in [0.15, 0.2) is 78.9 Å². The summed E-state index contributed by atoms with van der Waals surface area (Å²) < 4.78 is 11.1. The van der Waals surface area contributed by atoms with Crippen molar-refractivity contribution in [2.24, 2.45) is 0 Å². The number of nitrogens with two attached hydrogens (primary N) is 1. The van der Waals surface area contributed by atoms with E-state index in [0.29, 0.717) is 12.7 Å². The Kier molecular flexibility index (Phi) is 5.70. The van der Waals surface area contributed by atoms with Crippen LogP contribution in [0.2, 0.25) is 0 Å². The van der Waals surface area contributed by atoms with Crippen molar-refractivity contribution in [3.63, 3.8) is 0 Å². The Bertz CT molecular complexity index is 849. The molecule has 4 rings (SSSR count). The molecule has 0 radical (unpaired) electrons. The number of ether oxygens (including phenoxy) is 2. The summed E-state index contributed by atoms with van der Waals surface area (Å²) in [5.41, 5.74) is 4.08. The Morgan fingerprint density at radius 1 is 0.778 bits per heavy atom. The minimum absolute atomic E-state index is 0.326. The predicted molar refractivity (Wildman–Crippen MR) is 107 cm³/mol. The van der Waals surface area contributed by atoms with Crippen LogP contribution in [-0.4, -0.2) is 13.3 Å². The van der Waals surface area contributed by atoms with Gasteiger partial charge in [-0.25, -0.2) is 0 Å². The summed E-state index contributed by atoms with van der Waals surface area (Å²) in [5, 5.41) is 2.40. The minimum Gasteiger partial charge on any atom is -0.454 e. The average Bonchev–Trinajstić information content (AvgIpc) is 3.20. The van der Waals surface area contributed by atoms with E-state index in [1.54, 1.807) is 0 Å². The fourth-order valence-corrected chi connectivity index (χ4v) is 3.65. The van der Waals surface area contributed by atoms with Gasteiger partial charge in [0.05, 0.1) is 6.54 Å². The summed E-state index contributed by atoms with van der Waals surface area (Å²) >= 11 is 0. The molecule has 3 nitrogen and oxygen atoms in total. The van der Waals surface area contributed by atoms with Crippen LogP contribution in [-0.2, 0) is 13.0 Å². The highest BCUT2D eigenvalue weighted by molar-refractivity contribution is 5.45. The number of hydrogen-bond acceptors (Lipinski definition) is 2. The van der Waals surface area contributed by atoms with Crippen LogP contribution in [0.4, 0.5) is 0 Å². The largest absolute Gasteiger partial charge is 0.454 e. The highest BCUT2D eigenvalue weighted by Gasteiger charge is 2.19. The monoisotopic (exact) mass is 360 g/mol. The van der Waals surface area contributed by atoms with E-state index in [-0.39, 0.29) is 0 Å². The summed E-state index contributed by atoms with van der Waals surface area (Å²) in [5.74, 6) is 2.20. The summed E-state index contributed by atoms with van der Waals surface area (Å²) in [4.78, 5) is 0. The van der Waals surface area contributed by atoms with Crippen molar-refractivity contribution in [1.82, 2.24) is 0 Å². The van der Waals surface area contributed by atoms with E-state index in [4.69, 9.17) is 9.47 Å². The number of rotatable bonds is 8. The predicted octanol–water partition coefficient (Wildman–Crippen LogP) is 3.90. The molecule has 1 aliphatic heterocycles. The molecule has 1 heterocycles. The smallest absolute Gasteiger partial charge is 0.231 e. The molecule has 0 bridgehead atoms. The van der Waals surface area contributed by atoms with E-state index in [0.717, 1.165) is 37.4 Å². The van der Waals surface area contributed by atoms with Gasteiger partial charge in [0.15, 0.2) is 11.5 Å². The van der Waals surface area contributed by atoms with Gasteiger partial charge in [-0.15, -0.1) is 0 Å². The van der Waals surface area contributed by atoms with E-state index < -0.39 is 0 Å². The molecule has 1 atom stereocenters. The average molecular weight is 360 g/mol. The second kappa shape index (κ2) is 8.74. The van der Waals surface area contributed by atoms with Crippen molar-refractivity contribution in [3.8, 4) is 11.5 Å². The van der Waals surface area contributed by atoms with Gasteiger partial charge in [0.1, 0.15) is 6.54 Å². The highest BCUT2D eigenvalue weighted by Crippen LogP contribution is 2.36. The Labute approximate surface area is 161 Å². The first-order valence-corrected chi connectivity index (χ1v) is 9.67. The lowest BCUT2D eigenvalue weighted by Gasteiger charge is -2.17. The van der Waals surface area contributed by atoms with Crippen molar-refractivity contribution in [1.29, 1.82) is 0 Å². The highest BCUT2D eigenvalue weighted by atomic mass is 16.7. The van der Waals surface area contributed by atoms with E-state index in [1.807, 2.05) is 6.07 Å². The van der Waals surface area contributed by atoms with Crippen molar-refractivity contribution in [3.05, 3.63) is 95.6 Å². The molecule has 0 amide bonds. The van der Waals surface area contributed by atoms with Crippen molar-refractivity contribution in [2.75, 3.05) is 13.3 Å². The molecular weight excluding hydrogens is 334 g/mol. The molecule has 3 heteroatoms. The minimum atomic E-state index is 0.326. The number of hydrogen-bond donors (Lipinski definition) is 1. The molecule has 27 heavy (non-hydrogen) atoms. The fraction of sp³-hybridized carbons (Fsp3) is 0.250. The van der Waals surface area contributed by atoms with Crippen LogP contribution in [0.3, 0.4) is 0 Å². The first kappa shape index (κ1) is 17.6. The number of benzene rings is 3. The van der Waals surface area contributed by atoms with E-state index >= 15 is 0 Å². The van der Waals surface area contributed by atoms with Crippen LogP contribution in [0.25, 0.3) is 0 Å². The third kappa shape index (κ3) is 4.69. The summed E-state index contributed by atoms with van der Waals surface area (Å²) in [6.45, 7) is 2.45. The molecule has 3 aromatic rings. The summed E-state index contributed by atoms with van der Waals surface area (Å²) in [7, 11) is 0. The molecule has 2 N–H and O–H groups in total. The summed E-state index contributed by atoms with van der Waals surface area (Å²) in [6.07, 6.45) is 2.17. The van der Waals surface area contributed by atoms with E-state index in [1.165, 1.54) is 16.7 Å². The topological polar surface area (TPSA) is 35.1 Å². The summed E-state index contributed by atoms with van der Waals surface area (Å²) in [6, 6.07) is 27.8. The van der Waals surface area contributed by atoms with E-state index in [2.05, 4.69) is 78.1 Å². The maximum absolute atomic E-state index is 5.59. The zero-order valence-corrected chi connectivity index (χ0v) is 15.5. The van der Waals surface area contributed by atoms with Crippen LogP contribution in [0, 0.1) is 0 Å². The lowest BCUT2D eigenvalue weighted by atomic mass is 9.89. The maximum atomic E-state index is 5.59. The van der Waals surface area contributed by atoms with Gasteiger partial charge in [-0.2, -0.15) is 0 Å². The standard InChI is InChI=1S/C24H25NO2/c1-3-7-19(8-4-1)15-22(13-14-25-17-20-9-5-2-6-10-20)21-11-12-23-24(16-21)27-18-26-23/h1-12,16,22,25H,13-15,17-18H2/p+1/t22-/m0/s1. The first-order chi connectivity index (χ1) is 13.4. The van der Waals surface area contributed by atoms with Gasteiger partial charge in [0, 0.05) is 12.0 Å². The van der Waals surface area contributed by atoms with Gasteiger partial charge in [-0.05, 0) is 35.6 Å². The zero-order chi connectivity index (χ0) is 18.3. The third-order valence-electron chi connectivity index (χ3n) is 5.14. The Balaban J connectivity index is 1.43. The van der Waals surface area contributed by atoms with Gasteiger partial charge < -0.3 is 14.8 Å². The molecule has 0 saturated heterocycles. The van der Waals surface area contributed by atoms with Gasteiger partial charge >= 0.3 is 0 Å². The second-order valence-corrected chi connectivity index (χ2v) is 7.06. The molecule has 1 aliphatic rings. The van der Waals surface area contributed by atoms with Crippen LogP contribution in [0.1, 0.15) is 29.0 Å². The lowest BCUT2D eigenvalue weighted by Crippen LogP contribution is -2.82. The SMILES string of the molecule is c1ccc(C[NH2+]CC[C@@H](Cc2ccccc2)c2ccc3c(c2)OCO3)cc1. The van der Waals surface area contributed by atoms with Crippen molar-refractivity contribution < 1.29 is 14.8 Å². The maximum Gasteiger partial charge on any atom is 0.231 e. The Morgan fingerprint density at radius 3 is 2.26 bits per heavy atom. The number of quaternary nitrogens is 1. The third-order valence-corrected chi connectivity index (χ3v) is 5.14. The molecule has 0 spiro atoms. The molecule has 0 aliphatic carbocycles. The Hall–Kier alpha value is -2.78. The van der Waals surface area contributed by atoms with Crippen molar-refractivity contribution >= 4 is 0 Å². The molecule has 0 saturated carbocycles. The van der Waals surface area contributed by atoms with E-state index in [9.17, 15) is 0 Å². The second-order valence-electron chi connectivity index (χ2n) is 7.06.